The zero-order valence-corrected chi connectivity index (χ0v) is 2.87. The fraction of sp³-hybridized carbons (Fsp3) is 0. The summed E-state index contributed by atoms with van der Waals surface area (Å²) in [7, 11) is -2.17. The minimum Gasteiger partial charge on any atom is -0.402 e. The second-order valence-corrected chi connectivity index (χ2v) is 0.346. The van der Waals surface area contributed by atoms with Gasteiger partial charge in [-0.2, -0.15) is 0 Å². The van der Waals surface area contributed by atoms with E-state index in [2.05, 4.69) is 3.32 Å². The van der Waals surface area contributed by atoms with Gasteiger partial charge >= 0.3 is 43.8 Å². The molecule has 0 heterocycles. The van der Waals surface area contributed by atoms with Gasteiger partial charge in [0.15, 0.2) is 0 Å². The minimum atomic E-state index is -2.17. The van der Waals surface area contributed by atoms with Crippen LogP contribution in [0.15, 0.2) is 0 Å². The van der Waals surface area contributed by atoms with Crippen LogP contribution in [0.1, 0.15) is 0 Å². The first kappa shape index (κ1) is 10.4. The summed E-state index contributed by atoms with van der Waals surface area (Å²) in [4.78, 5) is 0. The predicted molar refractivity (Wildman–Crippen MR) is 28.0 cm³/mol. The molecule has 0 unspecified atom stereocenters. The molecular formula is CH6BNNaO3. The van der Waals surface area contributed by atoms with Crippen molar-refractivity contribution in [3.63, 3.8) is 0 Å². The Morgan fingerprint density at radius 1 is 1.43 bits per heavy atom. The van der Waals surface area contributed by atoms with Crippen molar-refractivity contribution >= 4 is 35.3 Å². The van der Waals surface area contributed by atoms with E-state index in [1.807, 2.05) is 0 Å². The molecule has 6 heteroatoms. The van der Waals surface area contributed by atoms with E-state index in [0.29, 0.717) is 0 Å². The van der Waals surface area contributed by atoms with Gasteiger partial charge in [0.2, 0.25) is 0 Å². The van der Waals surface area contributed by atoms with E-state index in [1.54, 1.807) is 0 Å². The van der Waals surface area contributed by atoms with Crippen LogP contribution >= 0.6 is 0 Å². The Balaban J connectivity index is 0. The Kier molecular flexibility index (Phi) is 14.4. The first-order valence-electron chi connectivity index (χ1n) is 0.998. The Bertz CT molecular complexity index is 57.7. The second-order valence-electron chi connectivity index (χ2n) is 0.346. The number of rotatable bonds is 0. The minimum absolute atomic E-state index is 1.14. The summed E-state index contributed by atoms with van der Waals surface area (Å²) in [6, 6.07) is 0. The molecule has 4 nitrogen and oxygen atoms in total. The number of nitrogens with zero attached hydrogens (tertiary/aromatic N) is 1. The molecular weight excluding hydrogens is 108 g/mol. The third-order valence-electron chi connectivity index (χ3n) is 0. The van der Waals surface area contributed by atoms with Crippen LogP contribution in [0.4, 0.5) is 0 Å². The van der Waals surface area contributed by atoms with Gasteiger partial charge in [-0.15, -0.1) is 0 Å². The van der Waals surface area contributed by atoms with E-state index < -0.39 is 35.3 Å². The zero-order chi connectivity index (χ0) is 6.28. The van der Waals surface area contributed by atoms with Crippen LogP contribution in [0.5, 0.6) is 0 Å². The zero-order valence-electron chi connectivity index (χ0n) is 2.87. The molecule has 0 aliphatic rings. The molecule has 0 aliphatic heterocycles. The molecule has 0 saturated heterocycles. The summed E-state index contributed by atoms with van der Waals surface area (Å²) in [5.41, 5.74) is 0. The molecule has 0 rings (SSSR count). The van der Waals surface area contributed by atoms with E-state index in [-0.39, 0.29) is 0 Å². The molecule has 0 aliphatic carbocycles. The van der Waals surface area contributed by atoms with Crippen molar-refractivity contribution < 1.29 is 15.1 Å². The molecule has 0 amide bonds. The summed E-state index contributed by atoms with van der Waals surface area (Å²) in [5.74, 6) is 0. The maximum atomic E-state index is 7.53. The standard InChI is InChI=1S/CN.BH3O3.Na.3H/c1-2;2-1(3)4;;;;/h;2-4H;;;;. The summed E-state index contributed by atoms with van der Waals surface area (Å²) in [6.45, 7) is 0. The summed E-state index contributed by atoms with van der Waals surface area (Å²) in [5, 5.41) is 29.0. The van der Waals surface area contributed by atoms with Crippen molar-refractivity contribution in [3.8, 4) is 3.32 Å². The molecule has 0 aromatic rings. The van der Waals surface area contributed by atoms with Crippen molar-refractivity contribution in [2.75, 3.05) is 0 Å². The number of nitriles is 1. The van der Waals surface area contributed by atoms with Crippen LogP contribution < -0.4 is 0 Å². The molecule has 0 aromatic carbocycles. The van der Waals surface area contributed by atoms with Crippen LogP contribution in [0.25, 0.3) is 0 Å². The third kappa shape index (κ3) is 669. The quantitative estimate of drug-likeness (QED) is 0.289. The SMILES string of the molecule is N#[C][NaH3].OB(O)O. The topological polar surface area (TPSA) is 84.5 Å². The maximum Gasteiger partial charge on any atom is 0.631 e. The van der Waals surface area contributed by atoms with Gasteiger partial charge in [0.1, 0.15) is 0 Å². The monoisotopic (exact) mass is 114 g/mol. The Morgan fingerprint density at radius 2 is 1.43 bits per heavy atom. The first-order valence-corrected chi connectivity index (χ1v) is 0.998. The second kappa shape index (κ2) is 9.66. The van der Waals surface area contributed by atoms with Gasteiger partial charge in [0.05, 0.1) is 0 Å². The molecule has 0 aromatic heterocycles. The van der Waals surface area contributed by atoms with E-state index in [1.165, 1.54) is 0 Å². The van der Waals surface area contributed by atoms with Crippen molar-refractivity contribution in [3.05, 3.63) is 0 Å². The largest absolute Gasteiger partial charge is 0.631 e. The Morgan fingerprint density at radius 3 is 1.43 bits per heavy atom. The molecule has 0 saturated carbocycles. The molecule has 0 fully saturated rings. The van der Waals surface area contributed by atoms with Crippen molar-refractivity contribution in [2.24, 2.45) is 0 Å². The van der Waals surface area contributed by atoms with E-state index in [9.17, 15) is 0 Å². The summed E-state index contributed by atoms with van der Waals surface area (Å²) < 4.78 is 2.22. The van der Waals surface area contributed by atoms with Crippen LogP contribution in [0.3, 0.4) is 0 Å². The van der Waals surface area contributed by atoms with Gasteiger partial charge in [-0.1, -0.05) is 0 Å². The number of hydrogen-bond acceptors (Lipinski definition) is 4. The maximum absolute atomic E-state index is 7.53. The molecule has 37 valence electrons. The summed E-state index contributed by atoms with van der Waals surface area (Å²) in [6.07, 6.45) is 0. The van der Waals surface area contributed by atoms with E-state index in [0.717, 1.165) is 0 Å². The first-order chi connectivity index (χ1) is 3.15. The van der Waals surface area contributed by atoms with Crippen LogP contribution in [-0.4, -0.2) is 50.3 Å². The van der Waals surface area contributed by atoms with E-state index >= 15 is 0 Å². The predicted octanol–water partition coefficient (Wildman–Crippen LogP) is -3.22. The van der Waals surface area contributed by atoms with Crippen molar-refractivity contribution in [2.45, 2.75) is 0 Å². The molecule has 7 heavy (non-hydrogen) atoms. The van der Waals surface area contributed by atoms with Gasteiger partial charge in [-0.25, -0.2) is 0 Å². The molecule has 0 atom stereocenters. The van der Waals surface area contributed by atoms with Crippen LogP contribution in [0.2, 0.25) is 0 Å². The molecule has 3 radical (unpaired) electrons. The fourth-order valence-corrected chi connectivity index (χ4v) is 0. The van der Waals surface area contributed by atoms with Gasteiger partial charge in [-0.05, 0) is 0 Å². The Hall–Kier alpha value is 0.435. The normalized spacial score (nSPS) is 5.00. The third-order valence-corrected chi connectivity index (χ3v) is 0. The molecule has 0 spiro atoms. The van der Waals surface area contributed by atoms with Crippen LogP contribution in [-0.2, 0) is 0 Å². The fourth-order valence-electron chi connectivity index (χ4n) is 0. The van der Waals surface area contributed by atoms with Crippen molar-refractivity contribution in [1.29, 1.82) is 5.26 Å². The average Bonchev–Trinajstić information content (AvgIpc) is 1.33. The van der Waals surface area contributed by atoms with Gasteiger partial charge in [-0.3, -0.25) is 0 Å². The Labute approximate surface area is 59.0 Å². The smallest absolute Gasteiger partial charge is 0.402 e. The van der Waals surface area contributed by atoms with Gasteiger partial charge in [0, 0.05) is 0 Å². The number of hydrogen-bond donors (Lipinski definition) is 3. The molecule has 3 N–H and O–H groups in total. The van der Waals surface area contributed by atoms with E-state index in [4.69, 9.17) is 20.3 Å². The van der Waals surface area contributed by atoms with Crippen LogP contribution in [0, 0.1) is 8.58 Å². The average molecular weight is 114 g/mol. The van der Waals surface area contributed by atoms with Gasteiger partial charge < -0.3 is 15.1 Å². The summed E-state index contributed by atoms with van der Waals surface area (Å²) >= 11 is -1.14. The van der Waals surface area contributed by atoms with Crippen molar-refractivity contribution in [1.82, 2.24) is 0 Å². The molecule has 0 bridgehead atoms. The van der Waals surface area contributed by atoms with Gasteiger partial charge in [0.25, 0.3) is 0 Å².